The van der Waals surface area contributed by atoms with Crippen LogP contribution in [0.5, 0.6) is 0 Å². The first-order valence-electron chi connectivity index (χ1n) is 4.20. The zero-order chi connectivity index (χ0) is 8.32. The number of hydrogen-bond donors (Lipinski definition) is 0. The summed E-state index contributed by atoms with van der Waals surface area (Å²) in [6, 6.07) is 0. The number of allylic oxidation sites excluding steroid dienone is 2. The molecule has 0 aromatic heterocycles. The Bertz CT molecular complexity index is 159. The third-order valence-electron chi connectivity index (χ3n) is 2.21. The predicted octanol–water partition coefficient (Wildman–Crippen LogP) is 3.53. The van der Waals surface area contributed by atoms with E-state index in [1.165, 1.54) is 5.57 Å². The van der Waals surface area contributed by atoms with E-state index in [4.69, 9.17) is 0 Å². The number of hydrogen-bond acceptors (Lipinski definition) is 0. The third kappa shape index (κ3) is 2.60. The quantitative estimate of drug-likeness (QED) is 0.515. The summed E-state index contributed by atoms with van der Waals surface area (Å²) in [6.45, 7) is 2.02. The SMILES string of the molecule is CCC1=CCCC(F)(F)CC1. The molecule has 0 aromatic rings. The van der Waals surface area contributed by atoms with E-state index < -0.39 is 5.92 Å². The molecule has 1 rings (SSSR count). The van der Waals surface area contributed by atoms with Crippen molar-refractivity contribution in [2.75, 3.05) is 0 Å². The van der Waals surface area contributed by atoms with Crippen molar-refractivity contribution in [3.05, 3.63) is 11.6 Å². The van der Waals surface area contributed by atoms with Gasteiger partial charge in [0.05, 0.1) is 0 Å². The summed E-state index contributed by atoms with van der Waals surface area (Å²) < 4.78 is 25.5. The number of alkyl halides is 2. The Morgan fingerprint density at radius 3 is 2.82 bits per heavy atom. The van der Waals surface area contributed by atoms with Crippen molar-refractivity contribution in [1.29, 1.82) is 0 Å². The fraction of sp³-hybridized carbons (Fsp3) is 0.778. The standard InChI is InChI=1S/C9H14F2/c1-2-8-4-3-6-9(10,11)7-5-8/h4H,2-3,5-7H2,1H3. The summed E-state index contributed by atoms with van der Waals surface area (Å²) >= 11 is 0. The molecule has 1 aliphatic rings. The normalized spacial score (nSPS) is 24.1. The topological polar surface area (TPSA) is 0 Å². The van der Waals surface area contributed by atoms with Crippen LogP contribution in [0.15, 0.2) is 11.6 Å². The highest BCUT2D eigenvalue weighted by molar-refractivity contribution is 5.04. The molecule has 0 radical (unpaired) electrons. The van der Waals surface area contributed by atoms with E-state index >= 15 is 0 Å². The summed E-state index contributed by atoms with van der Waals surface area (Å²) in [7, 11) is 0. The molecule has 2 heteroatoms. The fourth-order valence-electron chi connectivity index (χ4n) is 1.38. The van der Waals surface area contributed by atoms with Crippen LogP contribution in [0.4, 0.5) is 8.78 Å². The molecule has 0 bridgehead atoms. The van der Waals surface area contributed by atoms with E-state index in [1.54, 1.807) is 0 Å². The highest BCUT2D eigenvalue weighted by atomic mass is 19.3. The molecule has 0 aromatic carbocycles. The van der Waals surface area contributed by atoms with Crippen LogP contribution in [0, 0.1) is 0 Å². The second-order valence-corrected chi connectivity index (χ2v) is 3.11. The molecule has 0 fully saturated rings. The molecule has 11 heavy (non-hydrogen) atoms. The van der Waals surface area contributed by atoms with Crippen molar-refractivity contribution in [3.63, 3.8) is 0 Å². The van der Waals surface area contributed by atoms with Gasteiger partial charge in [-0.3, -0.25) is 0 Å². The Morgan fingerprint density at radius 2 is 2.18 bits per heavy atom. The zero-order valence-electron chi connectivity index (χ0n) is 6.87. The average Bonchev–Trinajstić information content (AvgIpc) is 2.10. The molecule has 0 saturated carbocycles. The minimum absolute atomic E-state index is 0.0382. The Balaban J connectivity index is 2.50. The van der Waals surface area contributed by atoms with Crippen molar-refractivity contribution < 1.29 is 8.78 Å². The molecule has 0 aliphatic heterocycles. The number of rotatable bonds is 1. The zero-order valence-corrected chi connectivity index (χ0v) is 6.87. The third-order valence-corrected chi connectivity index (χ3v) is 2.21. The fourth-order valence-corrected chi connectivity index (χ4v) is 1.38. The molecule has 64 valence electrons. The van der Waals surface area contributed by atoms with E-state index in [9.17, 15) is 8.78 Å². The molecule has 0 spiro atoms. The van der Waals surface area contributed by atoms with Crippen molar-refractivity contribution in [2.45, 2.75) is 45.0 Å². The number of halogens is 2. The maximum atomic E-state index is 12.7. The van der Waals surface area contributed by atoms with E-state index in [1.807, 2.05) is 13.0 Å². The Labute approximate surface area is 66.3 Å². The lowest BCUT2D eigenvalue weighted by molar-refractivity contribution is -0.0128. The smallest absolute Gasteiger partial charge is 0.207 e. The van der Waals surface area contributed by atoms with Crippen LogP contribution in [0.25, 0.3) is 0 Å². The maximum Gasteiger partial charge on any atom is 0.248 e. The van der Waals surface area contributed by atoms with Crippen LogP contribution < -0.4 is 0 Å². The minimum atomic E-state index is -2.41. The first kappa shape index (κ1) is 8.69. The van der Waals surface area contributed by atoms with Crippen molar-refractivity contribution in [2.24, 2.45) is 0 Å². The van der Waals surface area contributed by atoms with Gasteiger partial charge in [0.2, 0.25) is 5.92 Å². The Hall–Kier alpha value is -0.400. The predicted molar refractivity (Wildman–Crippen MR) is 41.8 cm³/mol. The van der Waals surface area contributed by atoms with Crippen LogP contribution >= 0.6 is 0 Å². The second kappa shape index (κ2) is 3.33. The molecule has 0 nitrogen and oxygen atoms in total. The van der Waals surface area contributed by atoms with Gasteiger partial charge >= 0.3 is 0 Å². The van der Waals surface area contributed by atoms with Gasteiger partial charge in [-0.15, -0.1) is 0 Å². The van der Waals surface area contributed by atoms with Gasteiger partial charge in [0.15, 0.2) is 0 Å². The lowest BCUT2D eigenvalue weighted by atomic mass is 10.1. The highest BCUT2D eigenvalue weighted by Crippen LogP contribution is 2.32. The summed E-state index contributed by atoms with van der Waals surface area (Å²) in [5, 5.41) is 0. The van der Waals surface area contributed by atoms with Crippen LogP contribution in [-0.4, -0.2) is 5.92 Å². The molecule has 0 unspecified atom stereocenters. The van der Waals surface area contributed by atoms with Crippen LogP contribution in [0.2, 0.25) is 0 Å². The van der Waals surface area contributed by atoms with E-state index in [-0.39, 0.29) is 12.8 Å². The minimum Gasteiger partial charge on any atom is -0.207 e. The van der Waals surface area contributed by atoms with Gasteiger partial charge in [-0.25, -0.2) is 8.78 Å². The molecular weight excluding hydrogens is 146 g/mol. The van der Waals surface area contributed by atoms with Crippen molar-refractivity contribution in [3.8, 4) is 0 Å². The monoisotopic (exact) mass is 160 g/mol. The summed E-state index contributed by atoms with van der Waals surface area (Å²) in [6.07, 6.45) is 4.12. The Kier molecular flexibility index (Phi) is 2.63. The second-order valence-electron chi connectivity index (χ2n) is 3.11. The van der Waals surface area contributed by atoms with Gasteiger partial charge in [0.25, 0.3) is 0 Å². The van der Waals surface area contributed by atoms with Gasteiger partial charge in [-0.2, -0.15) is 0 Å². The van der Waals surface area contributed by atoms with Gasteiger partial charge < -0.3 is 0 Å². The lowest BCUT2D eigenvalue weighted by Gasteiger charge is -2.11. The largest absolute Gasteiger partial charge is 0.248 e. The molecule has 0 saturated heterocycles. The van der Waals surface area contributed by atoms with Crippen LogP contribution in [0.3, 0.4) is 0 Å². The molecule has 0 heterocycles. The molecule has 0 N–H and O–H groups in total. The lowest BCUT2D eigenvalue weighted by Crippen LogP contribution is -2.13. The average molecular weight is 160 g/mol. The van der Waals surface area contributed by atoms with E-state index in [2.05, 4.69) is 0 Å². The van der Waals surface area contributed by atoms with E-state index in [0.717, 1.165) is 6.42 Å². The summed E-state index contributed by atoms with van der Waals surface area (Å²) in [5.74, 6) is -2.41. The van der Waals surface area contributed by atoms with Gasteiger partial charge in [0.1, 0.15) is 0 Å². The maximum absolute atomic E-state index is 12.7. The summed E-state index contributed by atoms with van der Waals surface area (Å²) in [5.41, 5.74) is 1.20. The molecule has 0 amide bonds. The van der Waals surface area contributed by atoms with Crippen LogP contribution in [-0.2, 0) is 0 Å². The van der Waals surface area contributed by atoms with Gasteiger partial charge in [-0.05, 0) is 19.3 Å². The molecular formula is C9H14F2. The first-order valence-corrected chi connectivity index (χ1v) is 4.20. The molecule has 0 atom stereocenters. The summed E-state index contributed by atoms with van der Waals surface area (Å²) in [4.78, 5) is 0. The van der Waals surface area contributed by atoms with Crippen molar-refractivity contribution in [1.82, 2.24) is 0 Å². The Morgan fingerprint density at radius 1 is 1.45 bits per heavy atom. The first-order chi connectivity index (χ1) is 5.14. The van der Waals surface area contributed by atoms with Crippen LogP contribution in [0.1, 0.15) is 39.0 Å². The van der Waals surface area contributed by atoms with Gasteiger partial charge in [0, 0.05) is 12.8 Å². The van der Waals surface area contributed by atoms with E-state index in [0.29, 0.717) is 12.8 Å². The molecule has 1 aliphatic carbocycles. The van der Waals surface area contributed by atoms with Crippen molar-refractivity contribution >= 4 is 0 Å². The van der Waals surface area contributed by atoms with Gasteiger partial charge in [-0.1, -0.05) is 18.6 Å². The highest BCUT2D eigenvalue weighted by Gasteiger charge is 2.29.